The Morgan fingerprint density at radius 1 is 1.35 bits per heavy atom. The smallest absolute Gasteiger partial charge is 0.274 e. The summed E-state index contributed by atoms with van der Waals surface area (Å²) in [4.78, 5) is 23.5. The van der Waals surface area contributed by atoms with E-state index in [2.05, 4.69) is 5.32 Å². The van der Waals surface area contributed by atoms with Crippen molar-refractivity contribution in [2.45, 2.75) is 33.1 Å². The van der Waals surface area contributed by atoms with Crippen LogP contribution in [0.4, 0.5) is 0 Å². The minimum atomic E-state index is -0.509. The van der Waals surface area contributed by atoms with E-state index in [0.29, 0.717) is 18.5 Å². The Morgan fingerprint density at radius 2 is 2.10 bits per heavy atom. The van der Waals surface area contributed by atoms with E-state index in [4.69, 9.17) is 5.21 Å². The van der Waals surface area contributed by atoms with Gasteiger partial charge in [0.05, 0.1) is 5.41 Å². The summed E-state index contributed by atoms with van der Waals surface area (Å²) in [5, 5.41) is 11.5. The minimum absolute atomic E-state index is 0.0860. The van der Waals surface area contributed by atoms with Gasteiger partial charge in [0.2, 0.25) is 5.91 Å². The number of aryl methyl sites for hydroxylation is 1. The van der Waals surface area contributed by atoms with E-state index in [1.165, 1.54) is 0 Å². The van der Waals surface area contributed by atoms with Crippen molar-refractivity contribution in [2.75, 3.05) is 6.54 Å². The van der Waals surface area contributed by atoms with E-state index in [9.17, 15) is 9.59 Å². The minimum Gasteiger partial charge on any atom is -0.356 e. The topological polar surface area (TPSA) is 78.4 Å². The van der Waals surface area contributed by atoms with Crippen molar-refractivity contribution in [1.29, 1.82) is 0 Å². The highest BCUT2D eigenvalue weighted by molar-refractivity contribution is 5.93. The third-order valence-corrected chi connectivity index (χ3v) is 3.98. The predicted octanol–water partition coefficient (Wildman–Crippen LogP) is 1.44. The van der Waals surface area contributed by atoms with E-state index >= 15 is 0 Å². The third-order valence-electron chi connectivity index (χ3n) is 3.98. The zero-order valence-corrected chi connectivity index (χ0v) is 11.8. The van der Waals surface area contributed by atoms with Gasteiger partial charge < -0.3 is 5.32 Å². The Labute approximate surface area is 118 Å². The molecule has 0 fully saturated rings. The Kier molecular flexibility index (Phi) is 4.09. The van der Waals surface area contributed by atoms with Crippen molar-refractivity contribution in [3.8, 4) is 0 Å². The normalized spacial score (nSPS) is 20.9. The molecule has 2 rings (SSSR count). The summed E-state index contributed by atoms with van der Waals surface area (Å²) in [6.07, 6.45) is 2.20. The Balaban J connectivity index is 2.23. The molecule has 1 aromatic rings. The number of hydrogen-bond donors (Lipinski definition) is 3. The number of rotatable bonds is 3. The molecule has 5 nitrogen and oxygen atoms in total. The highest BCUT2D eigenvalue weighted by Crippen LogP contribution is 2.35. The van der Waals surface area contributed by atoms with Crippen molar-refractivity contribution in [1.82, 2.24) is 10.8 Å². The van der Waals surface area contributed by atoms with Gasteiger partial charge in [-0.25, -0.2) is 5.48 Å². The summed E-state index contributed by atoms with van der Waals surface area (Å²) in [6, 6.07) is 5.34. The number of carbonyl (C=O) groups excluding carboxylic acids is 2. The van der Waals surface area contributed by atoms with E-state index in [1.807, 2.05) is 19.9 Å². The molecular weight excluding hydrogens is 256 g/mol. The maximum absolute atomic E-state index is 12.1. The summed E-state index contributed by atoms with van der Waals surface area (Å²) < 4.78 is 0. The number of hydroxylamine groups is 1. The number of nitrogens with one attached hydrogen (secondary N) is 2. The molecule has 0 radical (unpaired) electrons. The third kappa shape index (κ3) is 2.67. The molecule has 0 saturated carbocycles. The maximum atomic E-state index is 12.1. The van der Waals surface area contributed by atoms with Gasteiger partial charge in [-0.1, -0.05) is 13.0 Å². The zero-order chi connectivity index (χ0) is 14.8. The molecule has 0 aromatic heterocycles. The first-order valence-corrected chi connectivity index (χ1v) is 6.84. The lowest BCUT2D eigenvalue weighted by molar-refractivity contribution is -0.130. The molecule has 3 N–H and O–H groups in total. The van der Waals surface area contributed by atoms with Gasteiger partial charge >= 0.3 is 0 Å². The van der Waals surface area contributed by atoms with Gasteiger partial charge in [0.25, 0.3) is 5.91 Å². The quantitative estimate of drug-likeness (QED) is 0.577. The molecular formula is C15H20N2O3. The summed E-state index contributed by atoms with van der Waals surface area (Å²) in [7, 11) is 0. The summed E-state index contributed by atoms with van der Waals surface area (Å²) in [6.45, 7) is 4.53. The first kappa shape index (κ1) is 14.5. The molecule has 0 bridgehead atoms. The van der Waals surface area contributed by atoms with Crippen molar-refractivity contribution < 1.29 is 14.8 Å². The Hall–Kier alpha value is -1.88. The lowest BCUT2D eigenvalue weighted by Crippen LogP contribution is -2.42. The molecule has 0 aliphatic heterocycles. The molecule has 1 aromatic carbocycles. The molecule has 0 unspecified atom stereocenters. The highest BCUT2D eigenvalue weighted by Gasteiger charge is 2.36. The van der Waals surface area contributed by atoms with Crippen molar-refractivity contribution in [3.63, 3.8) is 0 Å². The van der Waals surface area contributed by atoms with Gasteiger partial charge in [-0.05, 0) is 49.4 Å². The largest absolute Gasteiger partial charge is 0.356 e. The first-order valence-electron chi connectivity index (χ1n) is 6.84. The second-order valence-electron chi connectivity index (χ2n) is 5.52. The number of hydrogen-bond acceptors (Lipinski definition) is 3. The Bertz CT molecular complexity index is 542. The predicted molar refractivity (Wildman–Crippen MR) is 74.5 cm³/mol. The van der Waals surface area contributed by atoms with Gasteiger partial charge in [-0.2, -0.15) is 0 Å². The van der Waals surface area contributed by atoms with Crippen molar-refractivity contribution in [2.24, 2.45) is 5.41 Å². The van der Waals surface area contributed by atoms with Gasteiger partial charge in [0.15, 0.2) is 0 Å². The SMILES string of the molecule is CCNC(=O)[C@]1(C)CCc2cc(C(=O)NO)ccc2C1. The fourth-order valence-corrected chi connectivity index (χ4v) is 2.72. The zero-order valence-electron chi connectivity index (χ0n) is 11.8. The second-order valence-corrected chi connectivity index (χ2v) is 5.52. The molecule has 108 valence electrons. The van der Waals surface area contributed by atoms with E-state index < -0.39 is 5.91 Å². The summed E-state index contributed by atoms with van der Waals surface area (Å²) in [5.41, 5.74) is 3.86. The monoisotopic (exact) mass is 276 g/mol. The molecule has 0 spiro atoms. The van der Waals surface area contributed by atoms with E-state index in [1.54, 1.807) is 17.6 Å². The van der Waals surface area contributed by atoms with Crippen LogP contribution >= 0.6 is 0 Å². The van der Waals surface area contributed by atoms with Crippen LogP contribution in [0.25, 0.3) is 0 Å². The molecule has 20 heavy (non-hydrogen) atoms. The van der Waals surface area contributed by atoms with Crippen LogP contribution in [0.2, 0.25) is 0 Å². The number of benzene rings is 1. The van der Waals surface area contributed by atoms with Crippen molar-refractivity contribution in [3.05, 3.63) is 34.9 Å². The van der Waals surface area contributed by atoms with Crippen LogP contribution in [-0.4, -0.2) is 23.6 Å². The molecule has 2 amide bonds. The van der Waals surface area contributed by atoms with Crippen LogP contribution in [0, 0.1) is 5.41 Å². The van der Waals surface area contributed by atoms with Crippen LogP contribution in [0.3, 0.4) is 0 Å². The number of amides is 2. The van der Waals surface area contributed by atoms with Crippen molar-refractivity contribution >= 4 is 11.8 Å². The fraction of sp³-hybridized carbons (Fsp3) is 0.467. The average Bonchev–Trinajstić information content (AvgIpc) is 2.46. The fourth-order valence-electron chi connectivity index (χ4n) is 2.72. The highest BCUT2D eigenvalue weighted by atomic mass is 16.5. The van der Waals surface area contributed by atoms with Gasteiger partial charge in [0, 0.05) is 12.1 Å². The number of fused-ring (bicyclic) bond motifs is 1. The molecule has 0 saturated heterocycles. The van der Waals surface area contributed by atoms with E-state index in [0.717, 1.165) is 24.0 Å². The molecule has 0 heterocycles. The van der Waals surface area contributed by atoms with Crippen LogP contribution in [0.15, 0.2) is 18.2 Å². The molecule has 1 aliphatic carbocycles. The molecule has 1 aliphatic rings. The van der Waals surface area contributed by atoms with E-state index in [-0.39, 0.29) is 11.3 Å². The maximum Gasteiger partial charge on any atom is 0.274 e. The van der Waals surface area contributed by atoms with Crippen LogP contribution in [0.5, 0.6) is 0 Å². The van der Waals surface area contributed by atoms with Gasteiger partial charge in [0.1, 0.15) is 0 Å². The van der Waals surface area contributed by atoms with Crippen LogP contribution in [0.1, 0.15) is 41.8 Å². The lowest BCUT2D eigenvalue weighted by Gasteiger charge is -2.33. The molecule has 5 heteroatoms. The first-order chi connectivity index (χ1) is 9.50. The van der Waals surface area contributed by atoms with Gasteiger partial charge in [-0.3, -0.25) is 14.8 Å². The summed E-state index contributed by atoms with van der Waals surface area (Å²) >= 11 is 0. The van der Waals surface area contributed by atoms with Crippen LogP contribution < -0.4 is 10.8 Å². The molecule has 1 atom stereocenters. The lowest BCUT2D eigenvalue weighted by atomic mass is 9.72. The average molecular weight is 276 g/mol. The second kappa shape index (κ2) is 5.63. The van der Waals surface area contributed by atoms with Gasteiger partial charge in [-0.15, -0.1) is 0 Å². The number of carbonyl (C=O) groups is 2. The van der Waals surface area contributed by atoms with Crippen LogP contribution in [-0.2, 0) is 17.6 Å². The summed E-state index contributed by atoms with van der Waals surface area (Å²) in [5.74, 6) is -0.423. The standard InChI is InChI=1S/C15H20N2O3/c1-3-16-14(19)15(2)7-6-10-8-11(13(18)17-20)4-5-12(10)9-15/h4-5,8,20H,3,6-7,9H2,1-2H3,(H,16,19)(H,17,18)/t15-/m1/s1. The Morgan fingerprint density at radius 3 is 2.75 bits per heavy atom.